The molecular formula is C15H17NO2S. The van der Waals surface area contributed by atoms with Gasteiger partial charge in [-0.05, 0) is 29.8 Å². The molecule has 0 aliphatic carbocycles. The van der Waals surface area contributed by atoms with Crippen LogP contribution in [0.25, 0.3) is 0 Å². The molecule has 0 heterocycles. The normalized spacial score (nSPS) is 10.2. The molecule has 2 aromatic carbocycles. The molecule has 0 aliphatic heterocycles. The van der Waals surface area contributed by atoms with Gasteiger partial charge in [-0.15, -0.1) is 11.8 Å². The number of nitrogen functional groups attached to an aromatic ring is 1. The third kappa shape index (κ3) is 3.58. The van der Waals surface area contributed by atoms with Gasteiger partial charge in [0.15, 0.2) is 0 Å². The molecule has 19 heavy (non-hydrogen) atoms. The topological polar surface area (TPSA) is 44.5 Å². The molecule has 0 unspecified atom stereocenters. The summed E-state index contributed by atoms with van der Waals surface area (Å²) >= 11 is 1.72. The smallest absolute Gasteiger partial charge is 0.134 e. The molecule has 2 N–H and O–H groups in total. The molecule has 0 saturated heterocycles. The second-order valence-electron chi connectivity index (χ2n) is 4.05. The van der Waals surface area contributed by atoms with Crippen LogP contribution < -0.4 is 15.2 Å². The van der Waals surface area contributed by atoms with Crippen molar-refractivity contribution in [2.45, 2.75) is 10.6 Å². The van der Waals surface area contributed by atoms with Gasteiger partial charge in [-0.3, -0.25) is 0 Å². The number of ether oxygens (including phenoxy) is 2. The number of rotatable bonds is 5. The molecule has 2 aromatic rings. The van der Waals surface area contributed by atoms with Crippen LogP contribution in [0.2, 0.25) is 0 Å². The number of benzene rings is 2. The number of hydrogen-bond donors (Lipinski definition) is 1. The van der Waals surface area contributed by atoms with Crippen molar-refractivity contribution in [1.82, 2.24) is 0 Å². The summed E-state index contributed by atoms with van der Waals surface area (Å²) in [6, 6.07) is 13.8. The van der Waals surface area contributed by atoms with Gasteiger partial charge in [0.25, 0.3) is 0 Å². The summed E-state index contributed by atoms with van der Waals surface area (Å²) in [5.74, 6) is 2.55. The first kappa shape index (κ1) is 13.6. The minimum atomic E-state index is 0.711. The zero-order valence-electron chi connectivity index (χ0n) is 11.1. The summed E-state index contributed by atoms with van der Waals surface area (Å²) in [4.78, 5) is 1.08. The van der Waals surface area contributed by atoms with Gasteiger partial charge in [0, 0.05) is 22.4 Å². The molecule has 0 aromatic heterocycles. The van der Waals surface area contributed by atoms with Crippen LogP contribution in [0.1, 0.15) is 5.56 Å². The van der Waals surface area contributed by atoms with Crippen molar-refractivity contribution in [3.05, 3.63) is 48.0 Å². The first-order chi connectivity index (χ1) is 9.22. The number of nitrogens with two attached hydrogens (primary N) is 1. The van der Waals surface area contributed by atoms with Crippen molar-refractivity contribution < 1.29 is 9.47 Å². The highest BCUT2D eigenvalue weighted by Crippen LogP contribution is 2.33. The highest BCUT2D eigenvalue weighted by atomic mass is 32.2. The Kier molecular flexibility index (Phi) is 4.58. The molecule has 0 saturated carbocycles. The molecule has 4 heteroatoms. The highest BCUT2D eigenvalue weighted by Gasteiger charge is 2.05. The maximum absolute atomic E-state index is 5.74. The fourth-order valence-electron chi connectivity index (χ4n) is 1.73. The summed E-state index contributed by atoms with van der Waals surface area (Å²) in [5, 5.41) is 0. The lowest BCUT2D eigenvalue weighted by molar-refractivity contribution is 0.405. The van der Waals surface area contributed by atoms with E-state index in [0.717, 1.165) is 22.1 Å². The molecule has 0 amide bonds. The van der Waals surface area contributed by atoms with E-state index >= 15 is 0 Å². The van der Waals surface area contributed by atoms with Crippen LogP contribution >= 0.6 is 11.8 Å². The van der Waals surface area contributed by atoms with E-state index < -0.39 is 0 Å². The average molecular weight is 275 g/mol. The average Bonchev–Trinajstić information content (AvgIpc) is 2.46. The molecule has 0 aliphatic rings. The van der Waals surface area contributed by atoms with E-state index in [4.69, 9.17) is 15.2 Å². The van der Waals surface area contributed by atoms with Crippen LogP contribution in [-0.2, 0) is 5.75 Å². The van der Waals surface area contributed by atoms with Crippen molar-refractivity contribution in [2.75, 3.05) is 20.0 Å². The summed E-state index contributed by atoms with van der Waals surface area (Å²) in [6.45, 7) is 0. The largest absolute Gasteiger partial charge is 0.497 e. The Labute approximate surface area is 117 Å². The molecule has 0 bridgehead atoms. The van der Waals surface area contributed by atoms with Crippen molar-refractivity contribution in [3.8, 4) is 11.5 Å². The lowest BCUT2D eigenvalue weighted by atomic mass is 10.2. The van der Waals surface area contributed by atoms with Crippen molar-refractivity contribution in [3.63, 3.8) is 0 Å². The molecular weight excluding hydrogens is 258 g/mol. The van der Waals surface area contributed by atoms with Crippen molar-refractivity contribution in [1.29, 1.82) is 0 Å². The maximum Gasteiger partial charge on any atom is 0.134 e. The van der Waals surface area contributed by atoms with Gasteiger partial charge in [-0.2, -0.15) is 0 Å². The Morgan fingerprint density at radius 3 is 2.63 bits per heavy atom. The van der Waals surface area contributed by atoms with Crippen LogP contribution in [0.5, 0.6) is 11.5 Å². The fourth-order valence-corrected chi connectivity index (χ4v) is 2.68. The number of hydrogen-bond acceptors (Lipinski definition) is 4. The maximum atomic E-state index is 5.74. The monoisotopic (exact) mass is 275 g/mol. The molecule has 0 fully saturated rings. The predicted molar refractivity (Wildman–Crippen MR) is 80.0 cm³/mol. The van der Waals surface area contributed by atoms with Gasteiger partial charge in [-0.25, -0.2) is 0 Å². The van der Waals surface area contributed by atoms with Gasteiger partial charge in [-0.1, -0.05) is 12.1 Å². The Hall–Kier alpha value is -1.81. The van der Waals surface area contributed by atoms with E-state index in [-0.39, 0.29) is 0 Å². The van der Waals surface area contributed by atoms with E-state index in [1.807, 2.05) is 36.4 Å². The standard InChI is InChI=1S/C15H17NO2S/c1-17-13-5-3-4-11(8-13)10-19-15-7-6-12(16)9-14(15)18-2/h3-9H,10,16H2,1-2H3. The third-order valence-corrected chi connectivity index (χ3v) is 3.84. The number of anilines is 1. The zero-order valence-corrected chi connectivity index (χ0v) is 11.9. The molecule has 3 nitrogen and oxygen atoms in total. The van der Waals surface area contributed by atoms with Gasteiger partial charge in [0.1, 0.15) is 11.5 Å². The molecule has 0 spiro atoms. The number of thioether (sulfide) groups is 1. The van der Waals surface area contributed by atoms with Crippen LogP contribution in [-0.4, -0.2) is 14.2 Å². The lowest BCUT2D eigenvalue weighted by Crippen LogP contribution is -1.91. The van der Waals surface area contributed by atoms with Crippen LogP contribution in [0, 0.1) is 0 Å². The Morgan fingerprint density at radius 2 is 1.89 bits per heavy atom. The fraction of sp³-hybridized carbons (Fsp3) is 0.200. The van der Waals surface area contributed by atoms with Crippen molar-refractivity contribution in [2.24, 2.45) is 0 Å². The third-order valence-electron chi connectivity index (χ3n) is 2.72. The van der Waals surface area contributed by atoms with E-state index in [0.29, 0.717) is 5.69 Å². The van der Waals surface area contributed by atoms with E-state index in [2.05, 4.69) is 6.07 Å². The molecule has 0 atom stereocenters. The second-order valence-corrected chi connectivity index (χ2v) is 5.07. The summed E-state index contributed by atoms with van der Waals surface area (Å²) in [6.07, 6.45) is 0. The minimum absolute atomic E-state index is 0.711. The SMILES string of the molecule is COc1cccc(CSc2ccc(N)cc2OC)c1. The predicted octanol–water partition coefficient (Wildman–Crippen LogP) is 3.58. The quantitative estimate of drug-likeness (QED) is 0.669. The lowest BCUT2D eigenvalue weighted by Gasteiger charge is -2.09. The van der Waals surface area contributed by atoms with E-state index in [1.165, 1.54) is 5.56 Å². The first-order valence-corrected chi connectivity index (χ1v) is 6.90. The minimum Gasteiger partial charge on any atom is -0.497 e. The van der Waals surface area contributed by atoms with Gasteiger partial charge in [0.2, 0.25) is 0 Å². The Balaban J connectivity index is 2.09. The zero-order chi connectivity index (χ0) is 13.7. The highest BCUT2D eigenvalue weighted by molar-refractivity contribution is 7.98. The number of methoxy groups -OCH3 is 2. The summed E-state index contributed by atoms with van der Waals surface area (Å²) in [7, 11) is 3.33. The van der Waals surface area contributed by atoms with Gasteiger partial charge >= 0.3 is 0 Å². The Bertz CT molecular complexity index is 558. The van der Waals surface area contributed by atoms with Gasteiger partial charge in [0.05, 0.1) is 14.2 Å². The Morgan fingerprint density at radius 1 is 1.05 bits per heavy atom. The first-order valence-electron chi connectivity index (χ1n) is 5.92. The molecule has 0 radical (unpaired) electrons. The summed E-state index contributed by atoms with van der Waals surface area (Å²) in [5.41, 5.74) is 7.66. The van der Waals surface area contributed by atoms with Crippen LogP contribution in [0.15, 0.2) is 47.4 Å². The van der Waals surface area contributed by atoms with E-state index in [1.54, 1.807) is 26.0 Å². The molecule has 2 rings (SSSR count). The summed E-state index contributed by atoms with van der Waals surface area (Å²) < 4.78 is 10.6. The molecule has 100 valence electrons. The van der Waals surface area contributed by atoms with E-state index in [9.17, 15) is 0 Å². The van der Waals surface area contributed by atoms with Gasteiger partial charge < -0.3 is 15.2 Å². The second kappa shape index (κ2) is 6.38. The van der Waals surface area contributed by atoms with Crippen molar-refractivity contribution >= 4 is 17.4 Å². The van der Waals surface area contributed by atoms with Crippen LogP contribution in [0.3, 0.4) is 0 Å². The van der Waals surface area contributed by atoms with Crippen LogP contribution in [0.4, 0.5) is 5.69 Å².